The maximum absolute atomic E-state index is 8.81. The number of morpholine rings is 1. The van der Waals surface area contributed by atoms with Gasteiger partial charge in [-0.3, -0.25) is 10.2 Å². The van der Waals surface area contributed by atoms with Crippen LogP contribution in [0.5, 0.6) is 0 Å². The molecule has 1 fully saturated rings. The summed E-state index contributed by atoms with van der Waals surface area (Å²) in [6, 6.07) is 12.5. The highest BCUT2D eigenvalue weighted by atomic mass is 35.5. The summed E-state index contributed by atoms with van der Waals surface area (Å²) in [5.74, 6) is 0.551. The van der Waals surface area contributed by atoms with E-state index in [4.69, 9.17) is 26.3 Å². The average Bonchev–Trinajstić information content (AvgIpc) is 2.61. The van der Waals surface area contributed by atoms with E-state index in [0.717, 1.165) is 25.3 Å². The summed E-state index contributed by atoms with van der Waals surface area (Å²) in [6.45, 7) is 4.51. The van der Waals surface area contributed by atoms with Crippen molar-refractivity contribution in [1.29, 1.82) is 5.26 Å². The second-order valence-corrected chi connectivity index (χ2v) is 5.92. The Kier molecular flexibility index (Phi) is 8.37. The van der Waals surface area contributed by atoms with Crippen molar-refractivity contribution in [2.45, 2.75) is 18.7 Å². The summed E-state index contributed by atoms with van der Waals surface area (Å²) in [7, 11) is 0. The van der Waals surface area contributed by atoms with E-state index in [9.17, 15) is 0 Å². The first kappa shape index (κ1) is 18.2. The van der Waals surface area contributed by atoms with Crippen LogP contribution in [0.25, 0.3) is 0 Å². The Labute approximate surface area is 143 Å². The standard InChI is InChI=1S/C17H24ClN3O2/c18-10-17-14-22-9-8-21(17)11-16(20-7-6-19)13-23-12-15-4-2-1-3-5-15/h1-5,16-17,20H,7-14H2/t16-,17-/m0/s1. The third-order valence-corrected chi connectivity index (χ3v) is 4.24. The van der Waals surface area contributed by atoms with E-state index < -0.39 is 0 Å². The molecular formula is C17H24ClN3O2. The molecule has 0 aromatic heterocycles. The second-order valence-electron chi connectivity index (χ2n) is 5.61. The lowest BCUT2D eigenvalue weighted by atomic mass is 10.2. The maximum atomic E-state index is 8.81. The number of benzene rings is 1. The molecule has 126 valence electrons. The fraction of sp³-hybridized carbons (Fsp3) is 0.588. The van der Waals surface area contributed by atoms with Crippen LogP contribution in [0.15, 0.2) is 30.3 Å². The van der Waals surface area contributed by atoms with E-state index in [1.807, 2.05) is 30.3 Å². The Hall–Kier alpha value is -1.16. The molecule has 1 aliphatic heterocycles. The van der Waals surface area contributed by atoms with Crippen molar-refractivity contribution in [3.05, 3.63) is 35.9 Å². The van der Waals surface area contributed by atoms with Gasteiger partial charge in [0.2, 0.25) is 0 Å². The van der Waals surface area contributed by atoms with Crippen LogP contribution in [0.3, 0.4) is 0 Å². The minimum atomic E-state index is 0.0992. The number of hydrogen-bond donors (Lipinski definition) is 1. The van der Waals surface area contributed by atoms with Gasteiger partial charge in [0.25, 0.3) is 0 Å². The Morgan fingerprint density at radius 2 is 2.26 bits per heavy atom. The van der Waals surface area contributed by atoms with Crippen molar-refractivity contribution in [3.8, 4) is 6.07 Å². The molecule has 2 atom stereocenters. The molecule has 1 N–H and O–H groups in total. The molecule has 0 spiro atoms. The van der Waals surface area contributed by atoms with Gasteiger partial charge in [-0.15, -0.1) is 11.6 Å². The maximum Gasteiger partial charge on any atom is 0.0844 e. The molecule has 0 bridgehead atoms. The third kappa shape index (κ3) is 6.46. The molecule has 1 heterocycles. The van der Waals surface area contributed by atoms with E-state index in [-0.39, 0.29) is 12.1 Å². The molecule has 2 rings (SSSR count). The molecule has 6 heteroatoms. The Balaban J connectivity index is 1.82. The number of nitrogens with zero attached hydrogens (tertiary/aromatic N) is 2. The largest absolute Gasteiger partial charge is 0.378 e. The van der Waals surface area contributed by atoms with E-state index >= 15 is 0 Å². The number of nitriles is 1. The van der Waals surface area contributed by atoms with Gasteiger partial charge in [-0.1, -0.05) is 30.3 Å². The van der Waals surface area contributed by atoms with Gasteiger partial charge < -0.3 is 9.47 Å². The van der Waals surface area contributed by atoms with Gasteiger partial charge in [-0.25, -0.2) is 0 Å². The molecule has 0 aliphatic carbocycles. The zero-order valence-corrected chi connectivity index (χ0v) is 14.0. The van der Waals surface area contributed by atoms with Crippen LogP contribution >= 0.6 is 11.6 Å². The first-order valence-electron chi connectivity index (χ1n) is 7.93. The minimum Gasteiger partial charge on any atom is -0.378 e. The van der Waals surface area contributed by atoms with Gasteiger partial charge in [-0.2, -0.15) is 5.26 Å². The number of hydrogen-bond acceptors (Lipinski definition) is 5. The molecule has 0 radical (unpaired) electrons. The van der Waals surface area contributed by atoms with Gasteiger partial charge in [-0.05, 0) is 5.56 Å². The lowest BCUT2D eigenvalue weighted by Gasteiger charge is -2.36. The smallest absolute Gasteiger partial charge is 0.0844 e. The highest BCUT2D eigenvalue weighted by Gasteiger charge is 2.24. The molecule has 23 heavy (non-hydrogen) atoms. The van der Waals surface area contributed by atoms with Gasteiger partial charge in [0.05, 0.1) is 39.0 Å². The van der Waals surface area contributed by atoms with Gasteiger partial charge in [0.15, 0.2) is 0 Å². The zero-order valence-electron chi connectivity index (χ0n) is 13.3. The topological polar surface area (TPSA) is 57.5 Å². The number of halogens is 1. The molecule has 1 aromatic carbocycles. The molecule has 1 saturated heterocycles. The van der Waals surface area contributed by atoms with E-state index in [0.29, 0.717) is 32.2 Å². The van der Waals surface area contributed by atoms with Crippen LogP contribution in [-0.2, 0) is 16.1 Å². The summed E-state index contributed by atoms with van der Waals surface area (Å²) >= 11 is 6.02. The highest BCUT2D eigenvalue weighted by Crippen LogP contribution is 2.10. The van der Waals surface area contributed by atoms with Crippen molar-refractivity contribution < 1.29 is 9.47 Å². The highest BCUT2D eigenvalue weighted by molar-refractivity contribution is 6.18. The predicted molar refractivity (Wildman–Crippen MR) is 90.4 cm³/mol. The lowest BCUT2D eigenvalue weighted by molar-refractivity contribution is -0.00993. The van der Waals surface area contributed by atoms with Crippen LogP contribution in [0.2, 0.25) is 0 Å². The van der Waals surface area contributed by atoms with Crippen LogP contribution in [0.1, 0.15) is 5.56 Å². The van der Waals surface area contributed by atoms with E-state index in [1.54, 1.807) is 0 Å². The number of rotatable bonds is 9. The third-order valence-electron chi connectivity index (χ3n) is 3.88. The number of ether oxygens (including phenoxy) is 2. The summed E-state index contributed by atoms with van der Waals surface area (Å²) < 4.78 is 11.3. The molecule has 0 saturated carbocycles. The van der Waals surface area contributed by atoms with Gasteiger partial charge in [0, 0.05) is 31.1 Å². The Morgan fingerprint density at radius 3 is 3.00 bits per heavy atom. The number of nitrogens with one attached hydrogen (secondary N) is 1. The molecule has 5 nitrogen and oxygen atoms in total. The summed E-state index contributed by atoms with van der Waals surface area (Å²) in [5, 5.41) is 12.1. The average molecular weight is 338 g/mol. The predicted octanol–water partition coefficient (Wildman–Crippen LogP) is 1.62. The normalized spacial score (nSPS) is 20.1. The van der Waals surface area contributed by atoms with Crippen LogP contribution in [-0.4, -0.2) is 62.3 Å². The molecular weight excluding hydrogens is 314 g/mol. The van der Waals surface area contributed by atoms with Crippen molar-refractivity contribution in [3.63, 3.8) is 0 Å². The zero-order chi connectivity index (χ0) is 16.3. The SMILES string of the molecule is N#CCN[C@H](COCc1ccccc1)CN1CCOC[C@@H]1CCl. The Bertz CT molecular complexity index is 480. The Morgan fingerprint density at radius 1 is 1.43 bits per heavy atom. The van der Waals surface area contributed by atoms with Crippen molar-refractivity contribution in [1.82, 2.24) is 10.2 Å². The first-order chi connectivity index (χ1) is 11.3. The molecule has 0 amide bonds. The van der Waals surface area contributed by atoms with Crippen molar-refractivity contribution in [2.75, 3.05) is 45.3 Å². The summed E-state index contributed by atoms with van der Waals surface area (Å²) in [4.78, 5) is 2.32. The van der Waals surface area contributed by atoms with E-state index in [2.05, 4.69) is 16.3 Å². The second kappa shape index (κ2) is 10.6. The molecule has 0 unspecified atom stereocenters. The monoisotopic (exact) mass is 337 g/mol. The van der Waals surface area contributed by atoms with Crippen LogP contribution in [0.4, 0.5) is 0 Å². The lowest BCUT2D eigenvalue weighted by Crippen LogP contribution is -2.53. The molecule has 1 aliphatic rings. The summed E-state index contributed by atoms with van der Waals surface area (Å²) in [5.41, 5.74) is 1.15. The van der Waals surface area contributed by atoms with Gasteiger partial charge >= 0.3 is 0 Å². The quantitative estimate of drug-likeness (QED) is 0.548. The fourth-order valence-corrected chi connectivity index (χ4v) is 2.90. The van der Waals surface area contributed by atoms with Crippen LogP contribution < -0.4 is 5.32 Å². The van der Waals surface area contributed by atoms with Crippen LogP contribution in [0, 0.1) is 11.3 Å². The van der Waals surface area contributed by atoms with Crippen molar-refractivity contribution >= 4 is 11.6 Å². The van der Waals surface area contributed by atoms with E-state index in [1.165, 1.54) is 0 Å². The number of alkyl halides is 1. The molecule has 1 aromatic rings. The summed E-state index contributed by atoms with van der Waals surface area (Å²) in [6.07, 6.45) is 0. The fourth-order valence-electron chi connectivity index (χ4n) is 2.61. The minimum absolute atomic E-state index is 0.0992. The van der Waals surface area contributed by atoms with Crippen molar-refractivity contribution in [2.24, 2.45) is 0 Å². The van der Waals surface area contributed by atoms with Gasteiger partial charge in [0.1, 0.15) is 0 Å². The first-order valence-corrected chi connectivity index (χ1v) is 8.46.